The Morgan fingerprint density at radius 1 is 1.06 bits per heavy atom. The van der Waals surface area contributed by atoms with Crippen LogP contribution in [0.5, 0.6) is 0 Å². The summed E-state index contributed by atoms with van der Waals surface area (Å²) in [5.74, 6) is -0.736. The minimum atomic E-state index is -0.587. The number of hydrogen-bond donors (Lipinski definition) is 1. The van der Waals surface area contributed by atoms with Gasteiger partial charge >= 0.3 is 11.9 Å². The van der Waals surface area contributed by atoms with Crippen LogP contribution in [0.15, 0.2) is 34.5 Å². The monoisotopic (exact) mass is 472 g/mol. The summed E-state index contributed by atoms with van der Waals surface area (Å²) in [5.41, 5.74) is 2.98. The number of carbonyl (C=O) groups is 3. The van der Waals surface area contributed by atoms with Gasteiger partial charge in [0.2, 0.25) is 5.78 Å². The van der Waals surface area contributed by atoms with Crippen molar-refractivity contribution in [3.05, 3.63) is 68.4 Å². The van der Waals surface area contributed by atoms with Crippen molar-refractivity contribution >= 4 is 40.8 Å². The number of benzene rings is 1. The summed E-state index contributed by atoms with van der Waals surface area (Å²) < 4.78 is 10.2. The van der Waals surface area contributed by atoms with E-state index < -0.39 is 24.3 Å². The number of aryl methyl sites for hydroxylation is 2. The van der Waals surface area contributed by atoms with Gasteiger partial charge in [0.15, 0.2) is 6.61 Å². The van der Waals surface area contributed by atoms with Crippen LogP contribution in [-0.2, 0) is 15.2 Å². The van der Waals surface area contributed by atoms with Gasteiger partial charge in [-0.3, -0.25) is 4.79 Å². The summed E-state index contributed by atoms with van der Waals surface area (Å²) >= 11 is 3.25. The number of aromatic nitrogens is 2. The quantitative estimate of drug-likeness (QED) is 0.268. The molecule has 0 saturated heterocycles. The lowest BCUT2D eigenvalue weighted by Crippen LogP contribution is -2.15. The van der Waals surface area contributed by atoms with Crippen molar-refractivity contribution in [1.29, 1.82) is 0 Å². The Labute approximate surface area is 194 Å². The molecule has 32 heavy (non-hydrogen) atoms. The zero-order valence-corrected chi connectivity index (χ0v) is 19.9. The molecule has 3 rings (SSSR count). The van der Waals surface area contributed by atoms with Crippen LogP contribution in [0.2, 0.25) is 0 Å². The number of nitrogens with zero attached hydrogens (tertiary/aromatic N) is 1. The maximum absolute atomic E-state index is 12.6. The molecule has 9 heteroatoms. The van der Waals surface area contributed by atoms with Crippen molar-refractivity contribution in [2.45, 2.75) is 38.3 Å². The molecule has 0 saturated carbocycles. The second-order valence-electron chi connectivity index (χ2n) is 7.02. The van der Waals surface area contributed by atoms with Gasteiger partial charge in [-0.2, -0.15) is 0 Å². The fraction of sp³-hybridized carbons (Fsp3) is 0.304. The van der Waals surface area contributed by atoms with Crippen LogP contribution < -0.4 is 0 Å². The van der Waals surface area contributed by atoms with Gasteiger partial charge in [0.05, 0.1) is 34.1 Å². The molecule has 0 aliphatic carbocycles. The molecule has 0 unspecified atom stereocenters. The average molecular weight is 473 g/mol. The fourth-order valence-electron chi connectivity index (χ4n) is 3.14. The topological polar surface area (TPSA) is 98.4 Å². The van der Waals surface area contributed by atoms with Gasteiger partial charge in [0.25, 0.3) is 0 Å². The van der Waals surface area contributed by atoms with Crippen LogP contribution in [0.4, 0.5) is 0 Å². The highest BCUT2D eigenvalue weighted by Crippen LogP contribution is 2.24. The number of esters is 2. The first kappa shape index (κ1) is 23.7. The first-order valence-electron chi connectivity index (χ1n) is 10.0. The molecule has 2 aromatic heterocycles. The zero-order chi connectivity index (χ0) is 23.3. The first-order chi connectivity index (χ1) is 15.3. The van der Waals surface area contributed by atoms with Crippen molar-refractivity contribution < 1.29 is 23.9 Å². The Balaban J connectivity index is 1.56. The maximum Gasteiger partial charge on any atom is 0.340 e. The maximum atomic E-state index is 12.6. The SMILES string of the molecule is CCOC(=O)c1c(C)[nH]c(C(=O)COC(=O)c2ccc(SCc3csc(C)n3)cc2)c1C. The highest BCUT2D eigenvalue weighted by atomic mass is 32.2. The third-order valence-electron chi connectivity index (χ3n) is 4.67. The number of thiazole rings is 1. The van der Waals surface area contributed by atoms with E-state index in [2.05, 4.69) is 9.97 Å². The number of nitrogens with one attached hydrogen (secondary N) is 1. The van der Waals surface area contributed by atoms with Crippen molar-refractivity contribution in [2.75, 3.05) is 13.2 Å². The average Bonchev–Trinajstić information content (AvgIpc) is 3.32. The van der Waals surface area contributed by atoms with Gasteiger partial charge in [-0.15, -0.1) is 23.1 Å². The molecule has 0 radical (unpaired) electrons. The van der Waals surface area contributed by atoms with Crippen molar-refractivity contribution in [3.63, 3.8) is 0 Å². The van der Waals surface area contributed by atoms with Crippen LogP contribution in [0.1, 0.15) is 60.1 Å². The summed E-state index contributed by atoms with van der Waals surface area (Å²) in [4.78, 5) is 45.3. The van der Waals surface area contributed by atoms with E-state index in [4.69, 9.17) is 9.47 Å². The summed E-state index contributed by atoms with van der Waals surface area (Å²) in [7, 11) is 0. The molecule has 0 fully saturated rings. The molecule has 1 N–H and O–H groups in total. The molecular weight excluding hydrogens is 448 g/mol. The highest BCUT2D eigenvalue weighted by molar-refractivity contribution is 7.98. The van der Waals surface area contributed by atoms with E-state index in [0.29, 0.717) is 22.4 Å². The van der Waals surface area contributed by atoms with E-state index in [1.807, 2.05) is 24.4 Å². The Bertz CT molecular complexity index is 1130. The summed E-state index contributed by atoms with van der Waals surface area (Å²) in [5, 5.41) is 3.07. The predicted octanol–water partition coefficient (Wildman–Crippen LogP) is 4.91. The van der Waals surface area contributed by atoms with Gasteiger partial charge in [-0.1, -0.05) is 0 Å². The lowest BCUT2D eigenvalue weighted by atomic mass is 10.1. The summed E-state index contributed by atoms with van der Waals surface area (Å²) in [6, 6.07) is 7.02. The lowest BCUT2D eigenvalue weighted by molar-refractivity contribution is 0.0472. The van der Waals surface area contributed by atoms with E-state index in [9.17, 15) is 14.4 Å². The minimum absolute atomic E-state index is 0.238. The molecule has 0 aliphatic rings. The van der Waals surface area contributed by atoms with Gasteiger partial charge in [0, 0.05) is 21.7 Å². The number of H-pyrrole nitrogens is 1. The standard InChI is InChI=1S/C23H24N2O5S2/c1-5-29-23(28)20-13(2)21(24-14(20)3)19(26)10-30-22(27)16-6-8-18(9-7-16)32-12-17-11-31-15(4)25-17/h6-9,11,24H,5,10,12H2,1-4H3. The molecule has 7 nitrogen and oxygen atoms in total. The summed E-state index contributed by atoms with van der Waals surface area (Å²) in [6.07, 6.45) is 0. The van der Waals surface area contributed by atoms with Crippen molar-refractivity contribution in [3.8, 4) is 0 Å². The molecule has 0 spiro atoms. The lowest BCUT2D eigenvalue weighted by Gasteiger charge is -2.06. The van der Waals surface area contributed by atoms with Gasteiger partial charge < -0.3 is 14.5 Å². The smallest absolute Gasteiger partial charge is 0.340 e. The van der Waals surface area contributed by atoms with Gasteiger partial charge in [0.1, 0.15) is 0 Å². The summed E-state index contributed by atoms with van der Waals surface area (Å²) in [6.45, 7) is 6.86. The number of aromatic amines is 1. The number of ether oxygens (including phenoxy) is 2. The van der Waals surface area contributed by atoms with Crippen LogP contribution in [-0.4, -0.2) is 40.9 Å². The molecular formula is C23H24N2O5S2. The molecule has 0 amide bonds. The van der Waals surface area contributed by atoms with E-state index in [1.165, 1.54) is 0 Å². The van der Waals surface area contributed by atoms with E-state index >= 15 is 0 Å². The number of carbonyl (C=O) groups excluding carboxylic acids is 3. The number of hydrogen-bond acceptors (Lipinski definition) is 8. The Morgan fingerprint density at radius 2 is 1.78 bits per heavy atom. The first-order valence-corrected chi connectivity index (χ1v) is 11.9. The second kappa shape index (κ2) is 10.6. The normalized spacial score (nSPS) is 10.8. The van der Waals surface area contributed by atoms with E-state index in [-0.39, 0.29) is 12.3 Å². The van der Waals surface area contributed by atoms with Crippen LogP contribution >= 0.6 is 23.1 Å². The highest BCUT2D eigenvalue weighted by Gasteiger charge is 2.23. The van der Waals surface area contributed by atoms with E-state index in [1.54, 1.807) is 56.0 Å². The molecule has 168 valence electrons. The van der Waals surface area contributed by atoms with Crippen molar-refractivity contribution in [1.82, 2.24) is 9.97 Å². The fourth-order valence-corrected chi connectivity index (χ4v) is 4.65. The van der Waals surface area contributed by atoms with Crippen LogP contribution in [0, 0.1) is 20.8 Å². The third kappa shape index (κ3) is 5.66. The Morgan fingerprint density at radius 3 is 2.41 bits per heavy atom. The number of rotatable bonds is 9. The number of Topliss-reactive ketones (excluding diaryl/α,β-unsaturated/α-hetero) is 1. The predicted molar refractivity (Wildman–Crippen MR) is 124 cm³/mol. The second-order valence-corrected chi connectivity index (χ2v) is 9.13. The van der Waals surface area contributed by atoms with Crippen LogP contribution in [0.3, 0.4) is 0 Å². The molecule has 2 heterocycles. The minimum Gasteiger partial charge on any atom is -0.462 e. The van der Waals surface area contributed by atoms with Gasteiger partial charge in [-0.05, 0) is 57.5 Å². The van der Waals surface area contributed by atoms with Crippen molar-refractivity contribution in [2.24, 2.45) is 0 Å². The van der Waals surface area contributed by atoms with Gasteiger partial charge in [-0.25, -0.2) is 14.6 Å². The number of thioether (sulfide) groups is 1. The molecule has 0 atom stereocenters. The Kier molecular flexibility index (Phi) is 7.87. The largest absolute Gasteiger partial charge is 0.462 e. The molecule has 3 aromatic rings. The van der Waals surface area contributed by atoms with Crippen LogP contribution in [0.25, 0.3) is 0 Å². The molecule has 0 bridgehead atoms. The zero-order valence-electron chi connectivity index (χ0n) is 18.3. The number of ketones is 1. The Hall–Kier alpha value is -2.91. The van der Waals surface area contributed by atoms with E-state index in [0.717, 1.165) is 21.3 Å². The third-order valence-corrected chi connectivity index (χ3v) is 6.54. The molecule has 1 aromatic carbocycles. The molecule has 0 aliphatic heterocycles.